The molecule has 1 saturated heterocycles. The van der Waals surface area contributed by atoms with Gasteiger partial charge in [-0.25, -0.2) is 0 Å². The molecular formula is C20H23N3O3. The SMILES string of the molecule is O=C(c1ccccc1)N1CCCn2c(ccc2C(=O)N2CCOCC2)C1. The Morgan fingerprint density at radius 2 is 1.58 bits per heavy atom. The molecule has 2 aliphatic heterocycles. The first-order valence-electron chi connectivity index (χ1n) is 9.14. The molecule has 26 heavy (non-hydrogen) atoms. The molecule has 6 heteroatoms. The Balaban J connectivity index is 1.54. The molecule has 0 bridgehead atoms. The van der Waals surface area contributed by atoms with E-state index in [2.05, 4.69) is 4.57 Å². The van der Waals surface area contributed by atoms with Crippen molar-refractivity contribution >= 4 is 11.8 Å². The van der Waals surface area contributed by atoms with Gasteiger partial charge in [-0.1, -0.05) is 18.2 Å². The summed E-state index contributed by atoms with van der Waals surface area (Å²) in [6, 6.07) is 13.2. The van der Waals surface area contributed by atoms with E-state index in [1.807, 2.05) is 52.3 Å². The molecule has 0 aliphatic carbocycles. The number of morpholine rings is 1. The van der Waals surface area contributed by atoms with E-state index in [0.29, 0.717) is 45.0 Å². The van der Waals surface area contributed by atoms with Crippen molar-refractivity contribution in [2.75, 3.05) is 32.8 Å². The number of ether oxygens (including phenoxy) is 1. The lowest BCUT2D eigenvalue weighted by molar-refractivity contribution is 0.0295. The standard InChI is InChI=1S/C20H23N3O3/c24-19(16-5-2-1-3-6-16)22-9-4-10-23-17(15-22)7-8-18(23)20(25)21-11-13-26-14-12-21/h1-3,5-8H,4,9-15H2. The summed E-state index contributed by atoms with van der Waals surface area (Å²) in [6.45, 7) is 4.45. The molecule has 4 rings (SSSR count). The van der Waals surface area contributed by atoms with Crippen molar-refractivity contribution in [3.05, 3.63) is 59.4 Å². The van der Waals surface area contributed by atoms with Crippen LogP contribution in [0.4, 0.5) is 0 Å². The zero-order chi connectivity index (χ0) is 17.9. The minimum atomic E-state index is 0.0429. The topological polar surface area (TPSA) is 54.8 Å². The Bertz CT molecular complexity index is 794. The average Bonchev–Trinajstić information content (AvgIpc) is 2.97. The van der Waals surface area contributed by atoms with Crippen LogP contribution in [0.1, 0.15) is 33.0 Å². The van der Waals surface area contributed by atoms with Gasteiger partial charge in [-0.15, -0.1) is 0 Å². The van der Waals surface area contributed by atoms with Crippen LogP contribution in [0.2, 0.25) is 0 Å². The summed E-state index contributed by atoms with van der Waals surface area (Å²) in [6.07, 6.45) is 0.837. The highest BCUT2D eigenvalue weighted by atomic mass is 16.5. The second kappa shape index (κ2) is 7.33. The van der Waals surface area contributed by atoms with E-state index < -0.39 is 0 Å². The van der Waals surface area contributed by atoms with Crippen LogP contribution in [0.25, 0.3) is 0 Å². The normalized spacial score (nSPS) is 17.5. The van der Waals surface area contributed by atoms with Crippen LogP contribution in [0.15, 0.2) is 42.5 Å². The van der Waals surface area contributed by atoms with Crippen LogP contribution in [0.5, 0.6) is 0 Å². The van der Waals surface area contributed by atoms with E-state index in [4.69, 9.17) is 4.74 Å². The molecule has 136 valence electrons. The largest absolute Gasteiger partial charge is 0.378 e. The van der Waals surface area contributed by atoms with Crippen molar-refractivity contribution in [3.8, 4) is 0 Å². The third kappa shape index (κ3) is 3.24. The van der Waals surface area contributed by atoms with Gasteiger partial charge in [0.2, 0.25) is 0 Å². The van der Waals surface area contributed by atoms with Crippen molar-refractivity contribution in [2.24, 2.45) is 0 Å². The highest BCUT2D eigenvalue weighted by molar-refractivity contribution is 5.94. The summed E-state index contributed by atoms with van der Waals surface area (Å²) in [5.41, 5.74) is 2.44. The molecule has 2 aromatic rings. The molecule has 0 spiro atoms. The van der Waals surface area contributed by atoms with E-state index in [9.17, 15) is 9.59 Å². The molecule has 0 saturated carbocycles. The predicted molar refractivity (Wildman–Crippen MR) is 97.0 cm³/mol. The highest BCUT2D eigenvalue weighted by Crippen LogP contribution is 2.20. The van der Waals surface area contributed by atoms with Gasteiger partial charge in [-0.2, -0.15) is 0 Å². The van der Waals surface area contributed by atoms with Gasteiger partial charge in [0.25, 0.3) is 11.8 Å². The number of benzene rings is 1. The third-order valence-corrected chi connectivity index (χ3v) is 5.06. The van der Waals surface area contributed by atoms with E-state index in [1.165, 1.54) is 0 Å². The molecule has 0 radical (unpaired) electrons. The first-order valence-corrected chi connectivity index (χ1v) is 9.14. The van der Waals surface area contributed by atoms with Crippen LogP contribution in [0.3, 0.4) is 0 Å². The average molecular weight is 353 g/mol. The fraction of sp³-hybridized carbons (Fsp3) is 0.400. The fourth-order valence-corrected chi connectivity index (χ4v) is 3.66. The predicted octanol–water partition coefficient (Wildman–Crippen LogP) is 2.01. The Kier molecular flexibility index (Phi) is 4.75. The third-order valence-electron chi connectivity index (χ3n) is 5.06. The summed E-state index contributed by atoms with van der Waals surface area (Å²) >= 11 is 0. The van der Waals surface area contributed by atoms with Gasteiger partial charge >= 0.3 is 0 Å². The van der Waals surface area contributed by atoms with E-state index in [1.54, 1.807) is 0 Å². The number of hydrogen-bond donors (Lipinski definition) is 0. The molecule has 1 aromatic carbocycles. The second-order valence-corrected chi connectivity index (χ2v) is 6.71. The summed E-state index contributed by atoms with van der Waals surface area (Å²) in [4.78, 5) is 29.4. The van der Waals surface area contributed by atoms with Gasteiger partial charge < -0.3 is 19.1 Å². The zero-order valence-corrected chi connectivity index (χ0v) is 14.8. The highest BCUT2D eigenvalue weighted by Gasteiger charge is 2.26. The fourth-order valence-electron chi connectivity index (χ4n) is 3.66. The molecule has 0 atom stereocenters. The Morgan fingerprint density at radius 3 is 2.35 bits per heavy atom. The maximum atomic E-state index is 12.9. The minimum Gasteiger partial charge on any atom is -0.378 e. The first-order chi connectivity index (χ1) is 12.7. The minimum absolute atomic E-state index is 0.0429. The van der Waals surface area contributed by atoms with E-state index in [0.717, 1.165) is 24.4 Å². The maximum absolute atomic E-state index is 12.9. The van der Waals surface area contributed by atoms with Gasteiger partial charge in [0.1, 0.15) is 5.69 Å². The van der Waals surface area contributed by atoms with Crippen LogP contribution in [-0.2, 0) is 17.8 Å². The van der Waals surface area contributed by atoms with Crippen molar-refractivity contribution in [1.29, 1.82) is 0 Å². The maximum Gasteiger partial charge on any atom is 0.270 e. The number of carbonyl (C=O) groups excluding carboxylic acids is 2. The zero-order valence-electron chi connectivity index (χ0n) is 14.8. The van der Waals surface area contributed by atoms with E-state index in [-0.39, 0.29) is 11.8 Å². The molecule has 1 aromatic heterocycles. The quantitative estimate of drug-likeness (QED) is 0.830. The van der Waals surface area contributed by atoms with Gasteiger partial charge in [-0.05, 0) is 30.7 Å². The van der Waals surface area contributed by atoms with E-state index >= 15 is 0 Å². The smallest absolute Gasteiger partial charge is 0.270 e. The van der Waals surface area contributed by atoms with Crippen LogP contribution in [0, 0.1) is 0 Å². The molecule has 0 N–H and O–H groups in total. The van der Waals surface area contributed by atoms with Gasteiger partial charge in [-0.3, -0.25) is 9.59 Å². The summed E-state index contributed by atoms with van der Waals surface area (Å²) in [7, 11) is 0. The summed E-state index contributed by atoms with van der Waals surface area (Å²) in [5, 5.41) is 0. The molecule has 3 heterocycles. The number of carbonyl (C=O) groups is 2. The monoisotopic (exact) mass is 353 g/mol. The Labute approximate surface area is 153 Å². The number of rotatable bonds is 2. The lowest BCUT2D eigenvalue weighted by Crippen LogP contribution is -2.41. The Morgan fingerprint density at radius 1 is 0.808 bits per heavy atom. The summed E-state index contributed by atoms with van der Waals surface area (Å²) in [5.74, 6) is 0.101. The Hall–Kier alpha value is -2.60. The summed E-state index contributed by atoms with van der Waals surface area (Å²) < 4.78 is 7.42. The number of nitrogens with zero attached hydrogens (tertiary/aromatic N) is 3. The van der Waals surface area contributed by atoms with Crippen LogP contribution < -0.4 is 0 Å². The number of hydrogen-bond acceptors (Lipinski definition) is 3. The molecule has 6 nitrogen and oxygen atoms in total. The molecular weight excluding hydrogens is 330 g/mol. The van der Waals surface area contributed by atoms with Gasteiger partial charge in [0.15, 0.2) is 0 Å². The van der Waals surface area contributed by atoms with Crippen molar-refractivity contribution in [2.45, 2.75) is 19.5 Å². The molecule has 2 aliphatic rings. The van der Waals surface area contributed by atoms with Crippen molar-refractivity contribution in [1.82, 2.24) is 14.4 Å². The number of amides is 2. The lowest BCUT2D eigenvalue weighted by Gasteiger charge is -2.27. The van der Waals surface area contributed by atoms with Crippen molar-refractivity contribution in [3.63, 3.8) is 0 Å². The molecule has 2 amide bonds. The second-order valence-electron chi connectivity index (χ2n) is 6.71. The lowest BCUT2D eigenvalue weighted by atomic mass is 10.2. The number of aromatic nitrogens is 1. The first kappa shape index (κ1) is 16.8. The van der Waals surface area contributed by atoms with Crippen LogP contribution in [-0.4, -0.2) is 59.0 Å². The van der Waals surface area contributed by atoms with Gasteiger partial charge in [0, 0.05) is 37.4 Å². The van der Waals surface area contributed by atoms with Crippen molar-refractivity contribution < 1.29 is 14.3 Å². The van der Waals surface area contributed by atoms with Gasteiger partial charge in [0.05, 0.1) is 19.8 Å². The number of fused-ring (bicyclic) bond motifs is 1. The van der Waals surface area contributed by atoms with Crippen LogP contribution >= 0.6 is 0 Å². The molecule has 1 fully saturated rings. The molecule has 0 unspecified atom stereocenters.